The van der Waals surface area contributed by atoms with Crippen LogP contribution in [0.25, 0.3) is 6.08 Å². The second-order valence-corrected chi connectivity index (χ2v) is 8.25. The fraction of sp³-hybridized carbons (Fsp3) is 0.154. The number of anilines is 1. The van der Waals surface area contributed by atoms with Gasteiger partial charge in [0.25, 0.3) is 11.1 Å². The topological polar surface area (TPSA) is 55.8 Å². The van der Waals surface area contributed by atoms with Crippen molar-refractivity contribution in [2.45, 2.75) is 20.5 Å². The summed E-state index contributed by atoms with van der Waals surface area (Å²) in [5.74, 6) is 0.997. The minimum Gasteiger partial charge on any atom is -0.494 e. The van der Waals surface area contributed by atoms with E-state index in [1.807, 2.05) is 62.4 Å². The molecule has 0 unspecified atom stereocenters. The summed E-state index contributed by atoms with van der Waals surface area (Å²) >= 11 is 0.922. The summed E-state index contributed by atoms with van der Waals surface area (Å²) in [5.41, 5.74) is 3.51. The summed E-state index contributed by atoms with van der Waals surface area (Å²) in [6.07, 6.45) is 1.71. The molecule has 0 radical (unpaired) electrons. The van der Waals surface area contributed by atoms with Gasteiger partial charge in [-0.1, -0.05) is 48.0 Å². The number of benzene rings is 3. The van der Waals surface area contributed by atoms with Gasteiger partial charge in [0, 0.05) is 5.56 Å². The average Bonchev–Trinajstić information content (AvgIpc) is 3.08. The van der Waals surface area contributed by atoms with E-state index in [0.29, 0.717) is 35.3 Å². The highest BCUT2D eigenvalue weighted by molar-refractivity contribution is 8.19. The van der Waals surface area contributed by atoms with E-state index in [1.54, 1.807) is 30.3 Å². The molecule has 0 N–H and O–H groups in total. The zero-order valence-electron chi connectivity index (χ0n) is 17.9. The number of rotatable bonds is 7. The van der Waals surface area contributed by atoms with Gasteiger partial charge in [-0.15, -0.1) is 0 Å². The van der Waals surface area contributed by atoms with Crippen LogP contribution in [0.2, 0.25) is 0 Å². The predicted molar refractivity (Wildman–Crippen MR) is 128 cm³/mol. The molecule has 0 saturated carbocycles. The molecule has 1 aliphatic heterocycles. The largest absolute Gasteiger partial charge is 0.494 e. The first-order valence-electron chi connectivity index (χ1n) is 10.3. The van der Waals surface area contributed by atoms with Crippen molar-refractivity contribution in [2.24, 2.45) is 0 Å². The summed E-state index contributed by atoms with van der Waals surface area (Å²) in [6, 6.07) is 22.6. The number of aryl methyl sites for hydroxylation is 1. The highest BCUT2D eigenvalue weighted by Gasteiger charge is 2.36. The van der Waals surface area contributed by atoms with Gasteiger partial charge >= 0.3 is 0 Å². The summed E-state index contributed by atoms with van der Waals surface area (Å²) in [4.78, 5) is 27.1. The molecule has 32 heavy (non-hydrogen) atoms. The maximum absolute atomic E-state index is 13.0. The van der Waals surface area contributed by atoms with E-state index >= 15 is 0 Å². The standard InChI is InChI=1S/C26H23NO4S/c1-3-30-22-14-12-21(13-15-22)27-25(28)24(32-26(27)29)16-20-6-4-5-7-23(20)31-17-19-10-8-18(2)9-11-19/h4-16H,3,17H2,1-2H3/b24-16-. The number of nitrogens with zero attached hydrogens (tertiary/aromatic N) is 1. The SMILES string of the molecule is CCOc1ccc(N2C(=O)S/C(=C\c3ccccc3OCc3ccc(C)cc3)C2=O)cc1. The second kappa shape index (κ2) is 9.75. The molecule has 1 aliphatic rings. The van der Waals surface area contributed by atoms with E-state index in [2.05, 4.69) is 0 Å². The number of carbonyl (C=O) groups excluding carboxylic acids is 2. The Morgan fingerprint density at radius 2 is 1.62 bits per heavy atom. The van der Waals surface area contributed by atoms with Gasteiger partial charge in [-0.3, -0.25) is 9.59 Å². The van der Waals surface area contributed by atoms with Gasteiger partial charge in [-0.05, 0) is 67.6 Å². The second-order valence-electron chi connectivity index (χ2n) is 7.26. The molecule has 1 fully saturated rings. The van der Waals surface area contributed by atoms with Crippen LogP contribution < -0.4 is 14.4 Å². The van der Waals surface area contributed by atoms with Crippen LogP contribution in [0.5, 0.6) is 11.5 Å². The minimum atomic E-state index is -0.350. The first-order valence-corrected chi connectivity index (χ1v) is 11.1. The normalized spacial score (nSPS) is 14.8. The molecular formula is C26H23NO4S. The summed E-state index contributed by atoms with van der Waals surface area (Å²) in [5, 5.41) is -0.330. The van der Waals surface area contributed by atoms with Crippen LogP contribution in [0, 0.1) is 6.92 Å². The molecule has 3 aromatic rings. The molecule has 4 rings (SSSR count). The van der Waals surface area contributed by atoms with Crippen LogP contribution in [0.3, 0.4) is 0 Å². The van der Waals surface area contributed by atoms with Crippen LogP contribution >= 0.6 is 11.8 Å². The summed E-state index contributed by atoms with van der Waals surface area (Å²) < 4.78 is 11.4. The molecular weight excluding hydrogens is 422 g/mol. The van der Waals surface area contributed by atoms with Crippen LogP contribution in [0.1, 0.15) is 23.6 Å². The molecule has 1 heterocycles. The van der Waals surface area contributed by atoms with Crippen molar-refractivity contribution in [3.63, 3.8) is 0 Å². The predicted octanol–water partition coefficient (Wildman–Crippen LogP) is 6.21. The lowest BCUT2D eigenvalue weighted by atomic mass is 10.1. The number of para-hydroxylation sites is 1. The van der Waals surface area contributed by atoms with Crippen molar-refractivity contribution >= 4 is 34.7 Å². The Morgan fingerprint density at radius 1 is 0.906 bits per heavy atom. The maximum Gasteiger partial charge on any atom is 0.298 e. The molecule has 0 bridgehead atoms. The third-order valence-corrected chi connectivity index (χ3v) is 5.79. The van der Waals surface area contributed by atoms with Crippen molar-refractivity contribution in [1.29, 1.82) is 0 Å². The molecule has 6 heteroatoms. The van der Waals surface area contributed by atoms with Crippen molar-refractivity contribution in [2.75, 3.05) is 11.5 Å². The van der Waals surface area contributed by atoms with Gasteiger partial charge in [0.1, 0.15) is 18.1 Å². The lowest BCUT2D eigenvalue weighted by Crippen LogP contribution is -2.27. The van der Waals surface area contributed by atoms with Crippen molar-refractivity contribution < 1.29 is 19.1 Å². The molecule has 3 aromatic carbocycles. The lowest BCUT2D eigenvalue weighted by Gasteiger charge is -2.13. The zero-order chi connectivity index (χ0) is 22.5. The fourth-order valence-electron chi connectivity index (χ4n) is 3.27. The van der Waals surface area contributed by atoms with E-state index in [-0.39, 0.29) is 11.1 Å². The monoisotopic (exact) mass is 445 g/mol. The van der Waals surface area contributed by atoms with Gasteiger partial charge in [0.05, 0.1) is 17.2 Å². The number of hydrogen-bond donors (Lipinski definition) is 0. The molecule has 5 nitrogen and oxygen atoms in total. The Balaban J connectivity index is 1.53. The van der Waals surface area contributed by atoms with Crippen molar-refractivity contribution in [1.82, 2.24) is 0 Å². The molecule has 1 saturated heterocycles. The quantitative estimate of drug-likeness (QED) is 0.405. The molecule has 0 aromatic heterocycles. The Bertz CT molecular complexity index is 1150. The first kappa shape index (κ1) is 21.7. The van der Waals surface area contributed by atoms with E-state index in [1.165, 1.54) is 10.5 Å². The third-order valence-electron chi connectivity index (χ3n) is 4.92. The smallest absolute Gasteiger partial charge is 0.298 e. The highest BCUT2D eigenvalue weighted by atomic mass is 32.2. The van der Waals surface area contributed by atoms with Gasteiger partial charge < -0.3 is 9.47 Å². The molecule has 0 spiro atoms. The molecule has 0 aliphatic carbocycles. The average molecular weight is 446 g/mol. The number of ether oxygens (including phenoxy) is 2. The summed E-state index contributed by atoms with van der Waals surface area (Å²) in [6.45, 7) is 4.91. The van der Waals surface area contributed by atoms with Crippen LogP contribution in [0.4, 0.5) is 10.5 Å². The lowest BCUT2D eigenvalue weighted by molar-refractivity contribution is -0.113. The van der Waals surface area contributed by atoms with Crippen molar-refractivity contribution in [3.8, 4) is 11.5 Å². The van der Waals surface area contributed by atoms with E-state index in [4.69, 9.17) is 9.47 Å². The van der Waals surface area contributed by atoms with E-state index in [9.17, 15) is 9.59 Å². The molecule has 0 atom stereocenters. The summed E-state index contributed by atoms with van der Waals surface area (Å²) in [7, 11) is 0. The van der Waals surface area contributed by atoms with Gasteiger partial charge in [-0.2, -0.15) is 0 Å². The van der Waals surface area contributed by atoms with E-state index in [0.717, 1.165) is 22.9 Å². The minimum absolute atomic E-state index is 0.330. The van der Waals surface area contributed by atoms with Crippen LogP contribution in [-0.4, -0.2) is 17.8 Å². The number of amides is 2. The Hall–Kier alpha value is -3.51. The maximum atomic E-state index is 13.0. The van der Waals surface area contributed by atoms with Gasteiger partial charge in [0.2, 0.25) is 0 Å². The van der Waals surface area contributed by atoms with Gasteiger partial charge in [-0.25, -0.2) is 4.90 Å². The van der Waals surface area contributed by atoms with Crippen LogP contribution in [0.15, 0.2) is 77.7 Å². The van der Waals surface area contributed by atoms with Gasteiger partial charge in [0.15, 0.2) is 0 Å². The number of thioether (sulfide) groups is 1. The van der Waals surface area contributed by atoms with Crippen LogP contribution in [-0.2, 0) is 11.4 Å². The first-order chi connectivity index (χ1) is 15.5. The molecule has 162 valence electrons. The number of imide groups is 1. The Morgan fingerprint density at radius 3 is 2.34 bits per heavy atom. The highest BCUT2D eigenvalue weighted by Crippen LogP contribution is 2.37. The van der Waals surface area contributed by atoms with Crippen molar-refractivity contribution in [3.05, 3.63) is 94.4 Å². The van der Waals surface area contributed by atoms with E-state index < -0.39 is 0 Å². The number of hydrogen-bond acceptors (Lipinski definition) is 5. The zero-order valence-corrected chi connectivity index (χ0v) is 18.7. The third kappa shape index (κ3) is 4.86. The Labute approximate surface area is 191 Å². The fourth-order valence-corrected chi connectivity index (χ4v) is 4.10. The number of carbonyl (C=O) groups is 2. The Kier molecular flexibility index (Phi) is 6.61. The molecule has 2 amide bonds.